The first-order valence-electron chi connectivity index (χ1n) is 5.44. The zero-order valence-corrected chi connectivity index (χ0v) is 10.2. The average Bonchev–Trinajstić information content (AvgIpc) is 2.46. The third kappa shape index (κ3) is 2.66. The predicted molar refractivity (Wildman–Crippen MR) is 69.0 cm³/mol. The fourth-order valence-electron chi connectivity index (χ4n) is 1.54. The highest BCUT2D eigenvalue weighted by atomic mass is 19.1. The first-order chi connectivity index (χ1) is 9.13. The number of carbonyl (C=O) groups is 1. The number of nitrogens with zero attached hydrogens (tertiary/aromatic N) is 3. The zero-order chi connectivity index (χ0) is 13.8. The van der Waals surface area contributed by atoms with E-state index in [2.05, 4.69) is 15.4 Å². The summed E-state index contributed by atoms with van der Waals surface area (Å²) in [7, 11) is 1.46. The third-order valence-electron chi connectivity index (χ3n) is 2.52. The molecule has 1 heterocycles. The Morgan fingerprint density at radius 3 is 2.79 bits per heavy atom. The molecule has 0 aliphatic carbocycles. The van der Waals surface area contributed by atoms with Crippen molar-refractivity contribution >= 4 is 17.4 Å². The van der Waals surface area contributed by atoms with E-state index in [1.807, 2.05) is 0 Å². The minimum Gasteiger partial charge on any atom is -0.307 e. The van der Waals surface area contributed by atoms with Crippen molar-refractivity contribution in [3.8, 4) is 0 Å². The number of nitrogen functional groups attached to an aromatic ring is 1. The van der Waals surface area contributed by atoms with Crippen LogP contribution < -0.4 is 16.2 Å². The maximum Gasteiger partial charge on any atom is 0.278 e. The minimum absolute atomic E-state index is 0.0706. The number of anilines is 2. The van der Waals surface area contributed by atoms with Gasteiger partial charge in [0, 0.05) is 7.05 Å². The molecule has 0 bridgehead atoms. The second-order valence-electron chi connectivity index (χ2n) is 3.75. The first-order valence-corrected chi connectivity index (χ1v) is 5.44. The Hall–Kier alpha value is -2.54. The van der Waals surface area contributed by atoms with Crippen molar-refractivity contribution in [2.45, 2.75) is 0 Å². The molecule has 0 fully saturated rings. The molecule has 19 heavy (non-hydrogen) atoms. The van der Waals surface area contributed by atoms with E-state index in [1.54, 1.807) is 12.1 Å². The largest absolute Gasteiger partial charge is 0.307 e. The topological polar surface area (TPSA) is 84.1 Å². The molecule has 1 amide bonds. The SMILES string of the molecule is CN(C(=O)c1cncc(NN)n1)c1ccccc1F. The van der Waals surface area contributed by atoms with E-state index in [9.17, 15) is 9.18 Å². The van der Waals surface area contributed by atoms with Gasteiger partial charge in [0.05, 0.1) is 18.1 Å². The van der Waals surface area contributed by atoms with Gasteiger partial charge in [-0.05, 0) is 12.1 Å². The van der Waals surface area contributed by atoms with Crippen LogP contribution in [0.3, 0.4) is 0 Å². The van der Waals surface area contributed by atoms with Crippen molar-refractivity contribution in [1.82, 2.24) is 9.97 Å². The molecule has 0 saturated carbocycles. The van der Waals surface area contributed by atoms with E-state index in [1.165, 1.54) is 36.5 Å². The van der Waals surface area contributed by atoms with Gasteiger partial charge in [-0.3, -0.25) is 9.78 Å². The van der Waals surface area contributed by atoms with E-state index in [4.69, 9.17) is 5.84 Å². The standard InChI is InChI=1S/C12H12FN5O/c1-18(10-5-3-2-4-8(10)13)12(19)9-6-15-7-11(16-9)17-14/h2-7H,14H2,1H3,(H,16,17). The molecule has 2 aromatic rings. The van der Waals surface area contributed by atoms with Gasteiger partial charge in [0.25, 0.3) is 5.91 Å². The molecule has 0 radical (unpaired) electrons. The molecule has 1 aromatic carbocycles. The molecular formula is C12H12FN5O. The predicted octanol–water partition coefficient (Wildman–Crippen LogP) is 1.18. The number of halogens is 1. The van der Waals surface area contributed by atoms with Crippen LogP contribution in [-0.2, 0) is 0 Å². The summed E-state index contributed by atoms with van der Waals surface area (Å²) in [5.74, 6) is 4.49. The summed E-state index contributed by atoms with van der Waals surface area (Å²) >= 11 is 0. The number of para-hydroxylation sites is 1. The summed E-state index contributed by atoms with van der Waals surface area (Å²) in [6.07, 6.45) is 2.67. The molecule has 0 saturated heterocycles. The molecule has 0 aliphatic rings. The number of hydrogen-bond acceptors (Lipinski definition) is 5. The molecule has 0 atom stereocenters. The van der Waals surface area contributed by atoms with Crippen LogP contribution in [0.2, 0.25) is 0 Å². The fraction of sp³-hybridized carbons (Fsp3) is 0.0833. The summed E-state index contributed by atoms with van der Waals surface area (Å²) in [6.45, 7) is 0. The maximum absolute atomic E-state index is 13.6. The Labute approximate surface area is 109 Å². The first kappa shape index (κ1) is 12.9. The van der Waals surface area contributed by atoms with E-state index < -0.39 is 11.7 Å². The normalized spacial score (nSPS) is 10.1. The van der Waals surface area contributed by atoms with Crippen LogP contribution in [0.5, 0.6) is 0 Å². The molecule has 7 heteroatoms. The lowest BCUT2D eigenvalue weighted by Crippen LogP contribution is -2.28. The van der Waals surface area contributed by atoms with Crippen LogP contribution in [0.15, 0.2) is 36.7 Å². The van der Waals surface area contributed by atoms with Crippen LogP contribution in [0, 0.1) is 5.82 Å². The molecular weight excluding hydrogens is 249 g/mol. The van der Waals surface area contributed by atoms with Gasteiger partial charge in [0.1, 0.15) is 11.5 Å². The van der Waals surface area contributed by atoms with E-state index in [0.29, 0.717) is 0 Å². The molecule has 0 aliphatic heterocycles. The van der Waals surface area contributed by atoms with Crippen molar-refractivity contribution in [2.75, 3.05) is 17.4 Å². The van der Waals surface area contributed by atoms with Gasteiger partial charge in [0.2, 0.25) is 0 Å². The number of hydrazine groups is 1. The van der Waals surface area contributed by atoms with Gasteiger partial charge < -0.3 is 10.3 Å². The van der Waals surface area contributed by atoms with Crippen LogP contribution >= 0.6 is 0 Å². The minimum atomic E-state index is -0.487. The summed E-state index contributed by atoms with van der Waals surface area (Å²) in [5, 5.41) is 0. The molecule has 0 unspecified atom stereocenters. The van der Waals surface area contributed by atoms with Crippen LogP contribution in [0.1, 0.15) is 10.5 Å². The monoisotopic (exact) mass is 261 g/mol. The van der Waals surface area contributed by atoms with Crippen molar-refractivity contribution in [1.29, 1.82) is 0 Å². The Morgan fingerprint density at radius 1 is 1.37 bits per heavy atom. The quantitative estimate of drug-likeness (QED) is 0.640. The summed E-state index contributed by atoms with van der Waals surface area (Å²) in [4.78, 5) is 21.1. The van der Waals surface area contributed by atoms with Gasteiger partial charge in [0.15, 0.2) is 5.82 Å². The van der Waals surface area contributed by atoms with Gasteiger partial charge in [-0.1, -0.05) is 12.1 Å². The van der Waals surface area contributed by atoms with E-state index in [-0.39, 0.29) is 17.2 Å². The number of rotatable bonds is 3. The number of carbonyl (C=O) groups excluding carboxylic acids is 1. The second-order valence-corrected chi connectivity index (χ2v) is 3.75. The molecule has 6 nitrogen and oxygen atoms in total. The van der Waals surface area contributed by atoms with Gasteiger partial charge in [-0.2, -0.15) is 0 Å². The average molecular weight is 261 g/mol. The number of nitrogens with two attached hydrogens (primary N) is 1. The molecule has 2 rings (SSSR count). The fourth-order valence-corrected chi connectivity index (χ4v) is 1.54. The summed E-state index contributed by atoms with van der Waals surface area (Å²) < 4.78 is 13.6. The lowest BCUT2D eigenvalue weighted by Gasteiger charge is -2.17. The van der Waals surface area contributed by atoms with Crippen molar-refractivity contribution in [3.63, 3.8) is 0 Å². The number of amides is 1. The van der Waals surface area contributed by atoms with Gasteiger partial charge in [-0.15, -0.1) is 0 Å². The molecule has 3 N–H and O–H groups in total. The van der Waals surface area contributed by atoms with E-state index >= 15 is 0 Å². The Kier molecular flexibility index (Phi) is 3.67. The molecule has 1 aromatic heterocycles. The third-order valence-corrected chi connectivity index (χ3v) is 2.52. The second kappa shape index (κ2) is 5.40. The van der Waals surface area contributed by atoms with E-state index in [0.717, 1.165) is 0 Å². The Bertz CT molecular complexity index is 604. The van der Waals surface area contributed by atoms with Crippen molar-refractivity contribution in [3.05, 3.63) is 48.2 Å². The van der Waals surface area contributed by atoms with Crippen molar-refractivity contribution in [2.24, 2.45) is 5.84 Å². The van der Waals surface area contributed by atoms with Gasteiger partial charge >= 0.3 is 0 Å². The number of aromatic nitrogens is 2. The Morgan fingerprint density at radius 2 is 2.11 bits per heavy atom. The summed E-state index contributed by atoms with van der Waals surface area (Å²) in [6, 6.07) is 5.98. The van der Waals surface area contributed by atoms with Crippen molar-refractivity contribution < 1.29 is 9.18 Å². The highest BCUT2D eigenvalue weighted by molar-refractivity contribution is 6.04. The lowest BCUT2D eigenvalue weighted by atomic mass is 10.2. The maximum atomic E-state index is 13.6. The number of benzene rings is 1. The highest BCUT2D eigenvalue weighted by Gasteiger charge is 2.18. The zero-order valence-electron chi connectivity index (χ0n) is 10.2. The highest BCUT2D eigenvalue weighted by Crippen LogP contribution is 2.18. The summed E-state index contributed by atoms with van der Waals surface area (Å²) in [5.41, 5.74) is 2.53. The van der Waals surface area contributed by atoms with Crippen LogP contribution in [0.4, 0.5) is 15.9 Å². The molecule has 98 valence electrons. The van der Waals surface area contributed by atoms with Crippen LogP contribution in [0.25, 0.3) is 0 Å². The number of hydrogen-bond donors (Lipinski definition) is 2. The van der Waals surface area contributed by atoms with Gasteiger partial charge in [-0.25, -0.2) is 15.2 Å². The Balaban J connectivity index is 2.31. The lowest BCUT2D eigenvalue weighted by molar-refractivity contribution is 0.0987. The molecule has 0 spiro atoms. The van der Waals surface area contributed by atoms with Crippen LogP contribution in [-0.4, -0.2) is 22.9 Å². The smallest absolute Gasteiger partial charge is 0.278 e. The number of nitrogens with one attached hydrogen (secondary N) is 1.